The number of benzene rings is 1. The van der Waals surface area contributed by atoms with E-state index in [1.807, 2.05) is 0 Å². The summed E-state index contributed by atoms with van der Waals surface area (Å²) in [5.74, 6) is 0.507. The van der Waals surface area contributed by atoms with Crippen LogP contribution in [0.5, 0.6) is 5.75 Å². The Morgan fingerprint density at radius 2 is 1.28 bits per heavy atom. The van der Waals surface area contributed by atoms with Crippen LogP contribution < -0.4 is 10.1 Å². The highest BCUT2D eigenvalue weighted by molar-refractivity contribution is 5.87. The zero-order valence-electron chi connectivity index (χ0n) is 23.9. The maximum absolute atomic E-state index is 13.1. The maximum atomic E-state index is 13.1. The number of nitrogens with zero attached hydrogens (tertiary/aromatic N) is 1. The van der Waals surface area contributed by atoms with Crippen LogP contribution in [0, 0.1) is 0 Å². The Morgan fingerprint density at radius 1 is 0.795 bits per heavy atom. The highest BCUT2D eigenvalue weighted by atomic mass is 16.6. The topological polar surface area (TPSA) is 114 Å². The summed E-state index contributed by atoms with van der Waals surface area (Å²) < 4.78 is 37.7. The second-order valence-corrected chi connectivity index (χ2v) is 9.97. The molecule has 1 atom stereocenters. The van der Waals surface area contributed by atoms with Crippen LogP contribution in [0.15, 0.2) is 24.3 Å². The monoisotopic (exact) mass is 554 g/mol. The molecule has 1 heterocycles. The van der Waals surface area contributed by atoms with E-state index in [0.29, 0.717) is 90.5 Å². The van der Waals surface area contributed by atoms with Crippen molar-refractivity contribution >= 4 is 12.0 Å². The third-order valence-electron chi connectivity index (χ3n) is 5.58. The Kier molecular flexibility index (Phi) is 15.8. The smallest absolute Gasteiger partial charge is 0.408 e. The first-order chi connectivity index (χ1) is 18.8. The van der Waals surface area contributed by atoms with Crippen molar-refractivity contribution < 1.29 is 42.7 Å². The number of carbonyl (C=O) groups excluding carboxylic acids is 2. The van der Waals surface area contributed by atoms with Crippen LogP contribution in [0.3, 0.4) is 0 Å². The number of rotatable bonds is 19. The first-order valence-electron chi connectivity index (χ1n) is 13.6. The minimum atomic E-state index is -0.824. The highest BCUT2D eigenvalue weighted by Gasteiger charge is 2.30. The number of likely N-dealkylation sites (tertiary alicyclic amines) is 1. The summed E-state index contributed by atoms with van der Waals surface area (Å²) in [6.45, 7) is 11.7. The summed E-state index contributed by atoms with van der Waals surface area (Å²) in [6.07, 6.45) is 1.30. The van der Waals surface area contributed by atoms with Gasteiger partial charge in [-0.1, -0.05) is 12.1 Å². The number of hydrogen-bond acceptors (Lipinski definition) is 9. The second kappa shape index (κ2) is 18.8. The average Bonchev–Trinajstić information content (AvgIpc) is 3.44. The molecule has 0 aromatic heterocycles. The number of nitrogens with one attached hydrogen (secondary N) is 1. The molecule has 0 saturated carbocycles. The van der Waals surface area contributed by atoms with Gasteiger partial charge in [0, 0.05) is 20.2 Å². The minimum Gasteiger partial charge on any atom is -0.491 e. The summed E-state index contributed by atoms with van der Waals surface area (Å²) >= 11 is 0. The van der Waals surface area contributed by atoms with E-state index < -0.39 is 17.7 Å². The molecule has 1 fully saturated rings. The quantitative estimate of drug-likeness (QED) is 0.258. The lowest BCUT2D eigenvalue weighted by Gasteiger charge is -2.26. The Hall–Kier alpha value is -2.44. The fraction of sp³-hybridized carbons (Fsp3) is 0.714. The van der Waals surface area contributed by atoms with E-state index in [1.165, 1.54) is 0 Å². The lowest BCUT2D eigenvalue weighted by atomic mass is 10.1. The molecule has 0 bridgehead atoms. The molecule has 0 radical (unpaired) electrons. The zero-order chi connectivity index (χ0) is 28.3. The van der Waals surface area contributed by atoms with Crippen molar-refractivity contribution in [1.29, 1.82) is 0 Å². The van der Waals surface area contributed by atoms with Gasteiger partial charge >= 0.3 is 6.09 Å². The van der Waals surface area contributed by atoms with Crippen LogP contribution in [0.1, 0.15) is 45.2 Å². The molecule has 1 aromatic carbocycles. The molecule has 1 saturated heterocycles. The van der Waals surface area contributed by atoms with Crippen LogP contribution >= 0.6 is 0 Å². The number of ether oxygens (including phenoxy) is 7. The number of amides is 2. The largest absolute Gasteiger partial charge is 0.491 e. The fourth-order valence-corrected chi connectivity index (χ4v) is 3.71. The van der Waals surface area contributed by atoms with Gasteiger partial charge in [-0.15, -0.1) is 0 Å². The number of methoxy groups -OCH3 is 1. The molecule has 1 aliphatic rings. The predicted molar refractivity (Wildman–Crippen MR) is 145 cm³/mol. The number of alkyl carbamates (subject to hydrolysis) is 1. The van der Waals surface area contributed by atoms with Gasteiger partial charge in [0.2, 0.25) is 5.91 Å². The minimum absolute atomic E-state index is 0.138. The Bertz CT molecular complexity index is 808. The van der Waals surface area contributed by atoms with Crippen molar-refractivity contribution in [2.45, 2.75) is 45.3 Å². The van der Waals surface area contributed by atoms with Gasteiger partial charge in [0.05, 0.1) is 59.5 Å². The molecule has 2 rings (SSSR count). The number of carbonyl (C=O) groups is 2. The molecule has 11 nitrogen and oxygen atoms in total. The molecule has 0 unspecified atom stereocenters. The summed E-state index contributed by atoms with van der Waals surface area (Å²) in [4.78, 5) is 27.4. The van der Waals surface area contributed by atoms with Crippen molar-refractivity contribution in [3.8, 4) is 5.75 Å². The van der Waals surface area contributed by atoms with Gasteiger partial charge in [-0.3, -0.25) is 4.79 Å². The first-order valence-corrected chi connectivity index (χ1v) is 13.6. The van der Waals surface area contributed by atoms with Crippen molar-refractivity contribution in [1.82, 2.24) is 10.2 Å². The van der Waals surface area contributed by atoms with E-state index in [-0.39, 0.29) is 5.91 Å². The molecule has 11 heteroatoms. The van der Waals surface area contributed by atoms with E-state index in [4.69, 9.17) is 33.2 Å². The molecule has 1 aromatic rings. The van der Waals surface area contributed by atoms with E-state index in [1.54, 1.807) is 57.0 Å². The summed E-state index contributed by atoms with van der Waals surface area (Å²) in [5, 5.41) is 2.74. The maximum Gasteiger partial charge on any atom is 0.408 e. The Morgan fingerprint density at radius 3 is 1.77 bits per heavy atom. The molecule has 0 aliphatic carbocycles. The van der Waals surface area contributed by atoms with Crippen LogP contribution in [0.2, 0.25) is 0 Å². The fourth-order valence-electron chi connectivity index (χ4n) is 3.71. The highest BCUT2D eigenvalue weighted by Crippen LogP contribution is 2.23. The summed E-state index contributed by atoms with van der Waals surface area (Å²) in [5.41, 5.74) is 0.00646. The summed E-state index contributed by atoms with van der Waals surface area (Å²) in [7, 11) is 1.64. The molecule has 39 heavy (non-hydrogen) atoms. The molecule has 1 N–H and O–H groups in total. The second-order valence-electron chi connectivity index (χ2n) is 9.97. The lowest BCUT2D eigenvalue weighted by molar-refractivity contribution is -0.132. The first kappa shape index (κ1) is 32.8. The van der Waals surface area contributed by atoms with Gasteiger partial charge in [0.1, 0.15) is 24.0 Å². The molecule has 0 spiro atoms. The van der Waals surface area contributed by atoms with Gasteiger partial charge in [0.25, 0.3) is 0 Å². The molecular formula is C28H46N2O9. The molecule has 222 valence electrons. The third-order valence-corrected chi connectivity index (χ3v) is 5.58. The van der Waals surface area contributed by atoms with Gasteiger partial charge in [-0.05, 0) is 51.3 Å². The Labute approximate surface area is 232 Å². The van der Waals surface area contributed by atoms with E-state index in [0.717, 1.165) is 12.8 Å². The van der Waals surface area contributed by atoms with Crippen molar-refractivity contribution in [2.24, 2.45) is 0 Å². The van der Waals surface area contributed by atoms with E-state index in [9.17, 15) is 9.59 Å². The van der Waals surface area contributed by atoms with Crippen molar-refractivity contribution in [3.63, 3.8) is 0 Å². The average molecular weight is 555 g/mol. The van der Waals surface area contributed by atoms with Gasteiger partial charge < -0.3 is 43.4 Å². The van der Waals surface area contributed by atoms with Crippen LogP contribution in [-0.2, 0) is 33.2 Å². The van der Waals surface area contributed by atoms with Crippen molar-refractivity contribution in [3.05, 3.63) is 29.8 Å². The number of hydrogen-bond donors (Lipinski definition) is 1. The van der Waals surface area contributed by atoms with Crippen LogP contribution in [0.25, 0.3) is 0 Å². The van der Waals surface area contributed by atoms with Crippen molar-refractivity contribution in [2.75, 3.05) is 86.3 Å². The van der Waals surface area contributed by atoms with E-state index >= 15 is 0 Å². The molecule has 2 amide bonds. The van der Waals surface area contributed by atoms with E-state index in [2.05, 4.69) is 5.32 Å². The Balaban J connectivity index is 1.64. The standard InChI is InChI=1S/C28H46N2O9/c1-28(2,3)39-27(32)29-25(26(31)30-11-5-6-12-30)23-7-9-24(10-8-23)38-22-21-37-20-19-36-18-17-35-16-15-34-14-13-33-4/h7-10,25H,5-6,11-22H2,1-4H3,(H,29,32)/t25-/m0/s1. The van der Waals surface area contributed by atoms with Gasteiger partial charge in [-0.2, -0.15) is 0 Å². The summed E-state index contributed by atoms with van der Waals surface area (Å²) in [6, 6.07) is 6.31. The normalized spacial score (nSPS) is 14.3. The van der Waals surface area contributed by atoms with Gasteiger partial charge in [0.15, 0.2) is 0 Å². The van der Waals surface area contributed by atoms with Gasteiger partial charge in [-0.25, -0.2) is 4.79 Å². The SMILES string of the molecule is COCCOCCOCCOCCOCCOc1ccc([C@H](NC(=O)OC(C)(C)C)C(=O)N2CCCC2)cc1. The van der Waals surface area contributed by atoms with Crippen LogP contribution in [0.4, 0.5) is 4.79 Å². The third kappa shape index (κ3) is 14.5. The predicted octanol–water partition coefficient (Wildman–Crippen LogP) is 2.97. The molecule has 1 aliphatic heterocycles. The zero-order valence-corrected chi connectivity index (χ0v) is 23.9. The lowest BCUT2D eigenvalue weighted by Crippen LogP contribution is -2.43. The van der Waals surface area contributed by atoms with Crippen LogP contribution in [-0.4, -0.2) is 109 Å². The molecular weight excluding hydrogens is 508 g/mol.